The molecule has 57 heavy (non-hydrogen) atoms. The summed E-state index contributed by atoms with van der Waals surface area (Å²) in [7, 11) is 0. The zero-order valence-corrected chi connectivity index (χ0v) is 37.7. The molecule has 3 atom stereocenters. The summed E-state index contributed by atoms with van der Waals surface area (Å²) >= 11 is 0. The number of rotatable bonds is 43. The van der Waals surface area contributed by atoms with E-state index < -0.39 is 18.2 Å². The van der Waals surface area contributed by atoms with Crippen LogP contribution < -0.4 is 5.32 Å². The number of carbonyl (C=O) groups is 2. The second-order valence-electron chi connectivity index (χ2n) is 16.5. The van der Waals surface area contributed by atoms with E-state index in [1.54, 1.807) is 0 Å². The highest BCUT2D eigenvalue weighted by molar-refractivity contribution is 5.77. The van der Waals surface area contributed by atoms with Crippen LogP contribution in [0.4, 0.5) is 0 Å². The zero-order valence-electron chi connectivity index (χ0n) is 37.7. The van der Waals surface area contributed by atoms with Gasteiger partial charge >= 0.3 is 5.97 Å². The van der Waals surface area contributed by atoms with Crippen LogP contribution >= 0.6 is 0 Å². The van der Waals surface area contributed by atoms with E-state index >= 15 is 0 Å². The normalized spacial score (nSPS) is 13.7. The lowest BCUT2D eigenvalue weighted by Gasteiger charge is -2.24. The maximum atomic E-state index is 13.2. The summed E-state index contributed by atoms with van der Waals surface area (Å²) in [5, 5.41) is 23.7. The lowest BCUT2D eigenvalue weighted by atomic mass is 10.0. The SMILES string of the molecule is CC/C=C/C=C/C=C/CCCCCCCC(CC(=O)NC(CO)C(O)CCCCCCCCCCCCCC)OC(=O)CCCCC/C=C\CCCCCCCC. The molecule has 6 heteroatoms. The van der Waals surface area contributed by atoms with Gasteiger partial charge in [0.2, 0.25) is 5.91 Å². The van der Waals surface area contributed by atoms with Crippen molar-refractivity contribution < 1.29 is 24.5 Å². The first-order valence-electron chi connectivity index (χ1n) is 24.4. The maximum absolute atomic E-state index is 13.2. The van der Waals surface area contributed by atoms with Crippen LogP contribution in [0.1, 0.15) is 239 Å². The van der Waals surface area contributed by atoms with Crippen molar-refractivity contribution in [1.29, 1.82) is 0 Å². The molecule has 3 unspecified atom stereocenters. The van der Waals surface area contributed by atoms with Crippen molar-refractivity contribution in [3.8, 4) is 0 Å². The van der Waals surface area contributed by atoms with E-state index in [9.17, 15) is 19.8 Å². The quantitative estimate of drug-likeness (QED) is 0.0247. The lowest BCUT2D eigenvalue weighted by molar-refractivity contribution is -0.151. The van der Waals surface area contributed by atoms with Gasteiger partial charge in [-0.25, -0.2) is 0 Å². The van der Waals surface area contributed by atoms with Gasteiger partial charge in [0.15, 0.2) is 0 Å². The molecule has 0 heterocycles. The van der Waals surface area contributed by atoms with Crippen LogP contribution in [-0.4, -0.2) is 46.9 Å². The first kappa shape index (κ1) is 54.8. The third-order valence-electron chi connectivity index (χ3n) is 11.0. The Kier molecular flexibility index (Phi) is 43.2. The number of aliphatic hydroxyl groups is 2. The van der Waals surface area contributed by atoms with Gasteiger partial charge in [-0.2, -0.15) is 0 Å². The van der Waals surface area contributed by atoms with Crippen molar-refractivity contribution in [2.24, 2.45) is 0 Å². The van der Waals surface area contributed by atoms with Gasteiger partial charge in [0.05, 0.1) is 25.2 Å². The van der Waals surface area contributed by atoms with Gasteiger partial charge in [-0.3, -0.25) is 9.59 Å². The number of nitrogens with one attached hydrogen (secondary N) is 1. The number of hydrogen-bond donors (Lipinski definition) is 3. The summed E-state index contributed by atoms with van der Waals surface area (Å²) in [5.41, 5.74) is 0. The average Bonchev–Trinajstić information content (AvgIpc) is 3.20. The number of amides is 1. The number of carbonyl (C=O) groups excluding carboxylic acids is 2. The minimum Gasteiger partial charge on any atom is -0.462 e. The van der Waals surface area contributed by atoms with Crippen LogP contribution in [0.25, 0.3) is 0 Å². The van der Waals surface area contributed by atoms with Crippen molar-refractivity contribution in [3.63, 3.8) is 0 Å². The Morgan fingerprint density at radius 3 is 1.47 bits per heavy atom. The molecule has 3 N–H and O–H groups in total. The number of unbranched alkanes of at least 4 members (excludes halogenated alkanes) is 25. The Morgan fingerprint density at radius 2 is 0.965 bits per heavy atom. The number of esters is 1. The first-order valence-corrected chi connectivity index (χ1v) is 24.4. The molecule has 0 aromatic carbocycles. The van der Waals surface area contributed by atoms with Crippen molar-refractivity contribution in [1.82, 2.24) is 5.32 Å². The van der Waals surface area contributed by atoms with E-state index in [-0.39, 0.29) is 24.9 Å². The van der Waals surface area contributed by atoms with Gasteiger partial charge in [-0.15, -0.1) is 0 Å². The molecule has 0 fully saturated rings. The van der Waals surface area contributed by atoms with E-state index in [0.29, 0.717) is 19.3 Å². The molecule has 0 radical (unpaired) electrons. The number of ether oxygens (including phenoxy) is 1. The van der Waals surface area contributed by atoms with E-state index in [1.165, 1.54) is 96.3 Å². The topological polar surface area (TPSA) is 95.9 Å². The molecule has 0 saturated heterocycles. The molecule has 0 bridgehead atoms. The molecule has 1 amide bonds. The molecule has 0 aromatic rings. The molecule has 0 saturated carbocycles. The van der Waals surface area contributed by atoms with Crippen LogP contribution in [-0.2, 0) is 14.3 Å². The van der Waals surface area contributed by atoms with Crippen LogP contribution in [0.2, 0.25) is 0 Å². The Labute approximate surface area is 353 Å². The smallest absolute Gasteiger partial charge is 0.306 e. The molecule has 0 spiro atoms. The molecule has 0 rings (SSSR count). The number of hydrogen-bond acceptors (Lipinski definition) is 5. The molecule has 0 aromatic heterocycles. The highest BCUT2D eigenvalue weighted by Gasteiger charge is 2.24. The minimum atomic E-state index is -0.794. The molecule has 6 nitrogen and oxygen atoms in total. The first-order chi connectivity index (χ1) is 28.0. The second kappa shape index (κ2) is 44.9. The fourth-order valence-electron chi connectivity index (χ4n) is 7.25. The fraction of sp³-hybridized carbons (Fsp3) is 0.804. The van der Waals surface area contributed by atoms with E-state index in [1.807, 2.05) is 0 Å². The van der Waals surface area contributed by atoms with Gasteiger partial charge in [0, 0.05) is 6.42 Å². The Balaban J connectivity index is 4.64. The summed E-state index contributed by atoms with van der Waals surface area (Å²) in [6.07, 6.45) is 53.1. The number of allylic oxidation sites excluding steroid dienone is 8. The van der Waals surface area contributed by atoms with Gasteiger partial charge in [-0.1, -0.05) is 204 Å². The maximum Gasteiger partial charge on any atom is 0.306 e. The monoisotopic (exact) mass is 800 g/mol. The molecule has 0 aliphatic rings. The molecular formula is C51H93NO5. The van der Waals surface area contributed by atoms with Crippen molar-refractivity contribution >= 4 is 11.9 Å². The second-order valence-corrected chi connectivity index (χ2v) is 16.5. The minimum absolute atomic E-state index is 0.0583. The van der Waals surface area contributed by atoms with Crippen molar-refractivity contribution in [2.75, 3.05) is 6.61 Å². The molecular weight excluding hydrogens is 707 g/mol. The summed E-state index contributed by atoms with van der Waals surface area (Å²) in [6, 6.07) is -0.709. The molecule has 0 aliphatic heterocycles. The van der Waals surface area contributed by atoms with Gasteiger partial charge < -0.3 is 20.3 Å². The van der Waals surface area contributed by atoms with E-state index in [4.69, 9.17) is 4.74 Å². The standard InChI is InChI=1S/C51H93NO5/c1-4-7-10-13-16-19-22-25-27-30-33-36-39-42-47(57-51(56)44-41-38-35-32-29-26-23-20-17-14-11-8-5-2)45-50(55)52-48(46-53)49(54)43-40-37-34-31-28-24-21-18-15-12-9-6-3/h7,10,13,16,19,22,26,29,47-49,53-54H,4-6,8-9,11-12,14-15,17-18,20-21,23-25,27-28,30-46H2,1-3H3,(H,52,55)/b10-7+,16-13+,22-19+,29-26-. The fourth-order valence-corrected chi connectivity index (χ4v) is 7.25. The van der Waals surface area contributed by atoms with Crippen LogP contribution in [0.3, 0.4) is 0 Å². The zero-order chi connectivity index (χ0) is 41.7. The van der Waals surface area contributed by atoms with Crippen LogP contribution in [0, 0.1) is 0 Å². The van der Waals surface area contributed by atoms with Crippen molar-refractivity contribution in [3.05, 3.63) is 48.6 Å². The Bertz CT molecular complexity index is 988. The largest absolute Gasteiger partial charge is 0.462 e. The highest BCUT2D eigenvalue weighted by Crippen LogP contribution is 2.17. The summed E-state index contributed by atoms with van der Waals surface area (Å²) in [6.45, 7) is 6.33. The summed E-state index contributed by atoms with van der Waals surface area (Å²) in [5.74, 6) is -0.512. The predicted octanol–water partition coefficient (Wildman–Crippen LogP) is 14.3. The van der Waals surface area contributed by atoms with Gasteiger partial charge in [-0.05, 0) is 70.6 Å². The predicted molar refractivity (Wildman–Crippen MR) is 245 cm³/mol. The van der Waals surface area contributed by atoms with Crippen LogP contribution in [0.5, 0.6) is 0 Å². The van der Waals surface area contributed by atoms with Gasteiger partial charge in [0.1, 0.15) is 6.10 Å². The molecule has 0 aliphatic carbocycles. The van der Waals surface area contributed by atoms with Crippen LogP contribution in [0.15, 0.2) is 48.6 Å². The lowest BCUT2D eigenvalue weighted by Crippen LogP contribution is -2.46. The number of aliphatic hydroxyl groups excluding tert-OH is 2. The Morgan fingerprint density at radius 1 is 0.526 bits per heavy atom. The third-order valence-corrected chi connectivity index (χ3v) is 11.0. The molecule has 332 valence electrons. The van der Waals surface area contributed by atoms with Gasteiger partial charge in [0.25, 0.3) is 0 Å². The van der Waals surface area contributed by atoms with E-state index in [0.717, 1.165) is 96.3 Å². The highest BCUT2D eigenvalue weighted by atomic mass is 16.5. The van der Waals surface area contributed by atoms with Crippen molar-refractivity contribution in [2.45, 2.75) is 257 Å². The van der Waals surface area contributed by atoms with E-state index in [2.05, 4.69) is 74.7 Å². The third kappa shape index (κ3) is 40.4. The average molecular weight is 800 g/mol. The summed E-state index contributed by atoms with van der Waals surface area (Å²) < 4.78 is 5.90. The Hall–Kier alpha value is -2.18. The summed E-state index contributed by atoms with van der Waals surface area (Å²) in [4.78, 5) is 26.0.